The molecule has 3 N–H and O–H groups in total. The number of H-pyrrole nitrogens is 1. The molecule has 2 aromatic heterocycles. The minimum atomic E-state index is -0.805. The second kappa shape index (κ2) is 6.81. The molecule has 1 amide bonds. The fraction of sp³-hybridized carbons (Fsp3) is 0.286. The van der Waals surface area contributed by atoms with Crippen molar-refractivity contribution in [3.63, 3.8) is 0 Å². The van der Waals surface area contributed by atoms with Crippen molar-refractivity contribution < 1.29 is 14.6 Å². The number of hydrogen-bond acceptors (Lipinski definition) is 6. The zero-order valence-electron chi connectivity index (χ0n) is 12.2. The standard InChI is InChI=1S/C14H16N4O4/c1-8(7-22-2)16-13(20)10-11(19)14(21)18-12(17-10)9-5-3-4-6-15-9/h3-6,8,19H,7H2,1-2H3,(H,16,20)(H,17,18,21). The number of hydrogen-bond donors (Lipinski definition) is 3. The maximum atomic E-state index is 12.1. The molecule has 0 aliphatic rings. The summed E-state index contributed by atoms with van der Waals surface area (Å²) in [6.45, 7) is 2.02. The van der Waals surface area contributed by atoms with E-state index in [2.05, 4.69) is 20.3 Å². The number of carbonyl (C=O) groups excluding carboxylic acids is 1. The van der Waals surface area contributed by atoms with Gasteiger partial charge < -0.3 is 20.1 Å². The van der Waals surface area contributed by atoms with Gasteiger partial charge in [-0.05, 0) is 19.1 Å². The van der Waals surface area contributed by atoms with Crippen LogP contribution in [0.3, 0.4) is 0 Å². The Hall–Kier alpha value is -2.74. The van der Waals surface area contributed by atoms with Crippen molar-refractivity contribution in [2.75, 3.05) is 13.7 Å². The highest BCUT2D eigenvalue weighted by atomic mass is 16.5. The van der Waals surface area contributed by atoms with Gasteiger partial charge in [0.25, 0.3) is 11.5 Å². The van der Waals surface area contributed by atoms with Crippen LogP contribution in [0, 0.1) is 0 Å². The van der Waals surface area contributed by atoms with Gasteiger partial charge >= 0.3 is 0 Å². The van der Waals surface area contributed by atoms with Crippen LogP contribution in [0.1, 0.15) is 17.4 Å². The predicted octanol–water partition coefficient (Wildman–Crippen LogP) is 0.302. The Balaban J connectivity index is 2.37. The van der Waals surface area contributed by atoms with E-state index in [1.165, 1.54) is 13.3 Å². The van der Waals surface area contributed by atoms with Crippen molar-refractivity contribution in [1.82, 2.24) is 20.3 Å². The first-order chi connectivity index (χ1) is 10.5. The fourth-order valence-corrected chi connectivity index (χ4v) is 1.83. The summed E-state index contributed by atoms with van der Waals surface area (Å²) >= 11 is 0. The minimum absolute atomic E-state index is 0.105. The highest BCUT2D eigenvalue weighted by Crippen LogP contribution is 2.14. The molecule has 0 bridgehead atoms. The Kier molecular flexibility index (Phi) is 4.84. The number of ether oxygens (including phenoxy) is 1. The number of pyridine rings is 1. The van der Waals surface area contributed by atoms with Crippen LogP contribution in [0.5, 0.6) is 5.75 Å². The van der Waals surface area contributed by atoms with E-state index in [0.717, 1.165) is 0 Å². The molecule has 2 aromatic rings. The summed E-state index contributed by atoms with van der Waals surface area (Å²) in [6.07, 6.45) is 1.53. The number of aromatic hydroxyl groups is 1. The van der Waals surface area contributed by atoms with E-state index in [9.17, 15) is 14.7 Å². The highest BCUT2D eigenvalue weighted by Gasteiger charge is 2.20. The van der Waals surface area contributed by atoms with Gasteiger partial charge in [0, 0.05) is 19.3 Å². The lowest BCUT2D eigenvalue weighted by Gasteiger charge is -2.13. The van der Waals surface area contributed by atoms with Gasteiger partial charge in [0.05, 0.1) is 6.61 Å². The van der Waals surface area contributed by atoms with Gasteiger partial charge in [-0.25, -0.2) is 4.98 Å². The third-order valence-corrected chi connectivity index (χ3v) is 2.81. The maximum absolute atomic E-state index is 12.1. The van der Waals surface area contributed by atoms with Crippen LogP contribution in [0.15, 0.2) is 29.2 Å². The zero-order chi connectivity index (χ0) is 16.1. The molecule has 22 heavy (non-hydrogen) atoms. The summed E-state index contributed by atoms with van der Waals surface area (Å²) in [6, 6.07) is 4.76. The number of methoxy groups -OCH3 is 1. The van der Waals surface area contributed by atoms with Gasteiger partial charge in [0.1, 0.15) is 5.69 Å². The van der Waals surface area contributed by atoms with E-state index < -0.39 is 17.2 Å². The Morgan fingerprint density at radius 3 is 2.91 bits per heavy atom. The summed E-state index contributed by atoms with van der Waals surface area (Å²) < 4.78 is 4.91. The van der Waals surface area contributed by atoms with E-state index in [0.29, 0.717) is 12.3 Å². The fourth-order valence-electron chi connectivity index (χ4n) is 1.83. The summed E-state index contributed by atoms with van der Waals surface area (Å²) in [4.78, 5) is 34.3. The monoisotopic (exact) mass is 304 g/mol. The Morgan fingerprint density at radius 1 is 1.50 bits per heavy atom. The van der Waals surface area contributed by atoms with E-state index in [1.807, 2.05) is 0 Å². The summed E-state index contributed by atoms with van der Waals surface area (Å²) in [7, 11) is 1.50. The van der Waals surface area contributed by atoms with Crippen LogP contribution in [0.4, 0.5) is 0 Å². The molecule has 0 saturated carbocycles. The molecule has 0 aliphatic carbocycles. The molecular formula is C14H16N4O4. The average molecular weight is 304 g/mol. The maximum Gasteiger partial charge on any atom is 0.294 e. The van der Waals surface area contributed by atoms with Crippen molar-refractivity contribution in [2.24, 2.45) is 0 Å². The van der Waals surface area contributed by atoms with Gasteiger partial charge in [-0.3, -0.25) is 14.6 Å². The van der Waals surface area contributed by atoms with E-state index in [-0.39, 0.29) is 17.6 Å². The Labute approximate surface area is 126 Å². The van der Waals surface area contributed by atoms with Crippen LogP contribution < -0.4 is 10.9 Å². The van der Waals surface area contributed by atoms with E-state index in [4.69, 9.17) is 4.74 Å². The molecule has 0 radical (unpaired) electrons. The van der Waals surface area contributed by atoms with Crippen molar-refractivity contribution >= 4 is 5.91 Å². The van der Waals surface area contributed by atoms with Crippen LogP contribution in [0.25, 0.3) is 11.5 Å². The number of carbonyl (C=O) groups is 1. The third kappa shape index (κ3) is 3.47. The first kappa shape index (κ1) is 15.6. The second-order valence-corrected chi connectivity index (χ2v) is 4.66. The molecule has 1 atom stereocenters. The van der Waals surface area contributed by atoms with Crippen molar-refractivity contribution in [2.45, 2.75) is 13.0 Å². The predicted molar refractivity (Wildman–Crippen MR) is 78.6 cm³/mol. The molecule has 8 heteroatoms. The number of aromatic amines is 1. The number of aromatic nitrogens is 3. The number of rotatable bonds is 5. The lowest BCUT2D eigenvalue weighted by molar-refractivity contribution is 0.0897. The van der Waals surface area contributed by atoms with Gasteiger partial charge in [0.15, 0.2) is 11.5 Å². The third-order valence-electron chi connectivity index (χ3n) is 2.81. The molecule has 8 nitrogen and oxygen atoms in total. The highest BCUT2D eigenvalue weighted by molar-refractivity contribution is 5.95. The minimum Gasteiger partial charge on any atom is -0.501 e. The average Bonchev–Trinajstić information content (AvgIpc) is 2.50. The molecular weight excluding hydrogens is 288 g/mol. The topological polar surface area (TPSA) is 117 Å². The molecule has 0 aromatic carbocycles. The van der Waals surface area contributed by atoms with Crippen molar-refractivity contribution in [3.05, 3.63) is 40.4 Å². The van der Waals surface area contributed by atoms with Crippen LogP contribution in [0.2, 0.25) is 0 Å². The van der Waals surface area contributed by atoms with Crippen LogP contribution in [-0.2, 0) is 4.74 Å². The first-order valence-electron chi connectivity index (χ1n) is 6.57. The molecule has 0 fully saturated rings. The summed E-state index contributed by atoms with van der Waals surface area (Å²) in [5, 5.41) is 12.3. The van der Waals surface area contributed by atoms with E-state index in [1.54, 1.807) is 25.1 Å². The molecule has 0 aliphatic heterocycles. The number of nitrogens with one attached hydrogen (secondary N) is 2. The molecule has 0 spiro atoms. The molecule has 2 heterocycles. The number of amides is 1. The van der Waals surface area contributed by atoms with Gasteiger partial charge in [-0.1, -0.05) is 6.07 Å². The Bertz CT molecular complexity index is 715. The summed E-state index contributed by atoms with van der Waals surface area (Å²) in [5.41, 5.74) is -0.772. The van der Waals surface area contributed by atoms with Gasteiger partial charge in [0.2, 0.25) is 5.75 Å². The second-order valence-electron chi connectivity index (χ2n) is 4.66. The van der Waals surface area contributed by atoms with Crippen LogP contribution in [-0.4, -0.2) is 45.7 Å². The smallest absolute Gasteiger partial charge is 0.294 e. The molecule has 0 saturated heterocycles. The van der Waals surface area contributed by atoms with Crippen molar-refractivity contribution in [1.29, 1.82) is 0 Å². The number of nitrogens with zero attached hydrogens (tertiary/aromatic N) is 2. The van der Waals surface area contributed by atoms with Crippen molar-refractivity contribution in [3.8, 4) is 17.3 Å². The van der Waals surface area contributed by atoms with E-state index >= 15 is 0 Å². The Morgan fingerprint density at radius 2 is 2.27 bits per heavy atom. The molecule has 116 valence electrons. The van der Waals surface area contributed by atoms with Gasteiger partial charge in [-0.2, -0.15) is 0 Å². The molecule has 1 unspecified atom stereocenters. The normalized spacial score (nSPS) is 11.9. The van der Waals surface area contributed by atoms with Gasteiger partial charge in [-0.15, -0.1) is 0 Å². The largest absolute Gasteiger partial charge is 0.501 e. The van der Waals surface area contributed by atoms with Crippen LogP contribution >= 0.6 is 0 Å². The summed E-state index contributed by atoms with van der Waals surface area (Å²) in [5.74, 6) is -1.29. The SMILES string of the molecule is COCC(C)NC(=O)c1nc(-c2ccccn2)[nH]c(=O)c1O. The molecule has 2 rings (SSSR count). The quantitative estimate of drug-likeness (QED) is 0.731. The zero-order valence-corrected chi connectivity index (χ0v) is 12.2. The first-order valence-corrected chi connectivity index (χ1v) is 6.57. The lowest BCUT2D eigenvalue weighted by atomic mass is 10.2. The lowest BCUT2D eigenvalue weighted by Crippen LogP contribution is -2.36.